The summed E-state index contributed by atoms with van der Waals surface area (Å²) in [7, 11) is 0. The van der Waals surface area contributed by atoms with E-state index in [-0.39, 0.29) is 0 Å². The minimum atomic E-state index is 0.927. The minimum Gasteiger partial charge on any atom is -0.360 e. The highest BCUT2D eigenvalue weighted by molar-refractivity contribution is 7.13. The van der Waals surface area contributed by atoms with Gasteiger partial charge in [0.05, 0.1) is 0 Å². The van der Waals surface area contributed by atoms with Crippen molar-refractivity contribution < 1.29 is 0 Å². The van der Waals surface area contributed by atoms with Gasteiger partial charge in [0.2, 0.25) is 5.13 Å². The maximum absolute atomic E-state index is 3.96. The Morgan fingerprint density at radius 1 is 1.54 bits per heavy atom. The van der Waals surface area contributed by atoms with Crippen LogP contribution in [0, 0.1) is 17.8 Å². The molecule has 1 aromatic heterocycles. The fraction of sp³-hybridized carbons (Fsp3) is 0.778. The highest BCUT2D eigenvalue weighted by Gasteiger charge is 2.46. The van der Waals surface area contributed by atoms with Crippen LogP contribution in [0.4, 0.5) is 5.13 Å². The molecule has 13 heavy (non-hydrogen) atoms. The van der Waals surface area contributed by atoms with E-state index in [0.29, 0.717) is 0 Å². The average Bonchev–Trinajstić information content (AvgIpc) is 3.01. The molecule has 1 heterocycles. The Balaban J connectivity index is 1.45. The van der Waals surface area contributed by atoms with E-state index in [1.165, 1.54) is 19.3 Å². The normalized spacial score (nSPS) is 31.7. The lowest BCUT2D eigenvalue weighted by molar-refractivity contribution is 0.643. The van der Waals surface area contributed by atoms with Crippen LogP contribution in [0.1, 0.15) is 19.3 Å². The van der Waals surface area contributed by atoms with E-state index in [1.54, 1.807) is 16.8 Å². The van der Waals surface area contributed by atoms with Crippen molar-refractivity contribution in [3.63, 3.8) is 0 Å². The van der Waals surface area contributed by atoms with Crippen molar-refractivity contribution in [2.75, 3.05) is 11.9 Å². The summed E-state index contributed by atoms with van der Waals surface area (Å²) >= 11 is 1.58. The Morgan fingerprint density at radius 2 is 2.46 bits per heavy atom. The Bertz CT molecular complexity index is 281. The molecule has 2 aliphatic rings. The van der Waals surface area contributed by atoms with Crippen LogP contribution >= 0.6 is 11.3 Å². The summed E-state index contributed by atoms with van der Waals surface area (Å²) < 4.78 is 0. The molecule has 0 aliphatic heterocycles. The van der Waals surface area contributed by atoms with Gasteiger partial charge in [-0.25, -0.2) is 0 Å². The molecule has 0 radical (unpaired) electrons. The van der Waals surface area contributed by atoms with Gasteiger partial charge in [0, 0.05) is 6.54 Å². The highest BCUT2D eigenvalue weighted by Crippen LogP contribution is 2.54. The third-order valence-corrected chi connectivity index (χ3v) is 3.73. The van der Waals surface area contributed by atoms with Crippen molar-refractivity contribution in [1.29, 1.82) is 0 Å². The molecule has 0 amide bonds. The first-order valence-electron chi connectivity index (χ1n) is 4.93. The minimum absolute atomic E-state index is 0.927. The lowest BCUT2D eigenvalue weighted by Gasteiger charge is -1.99. The predicted octanol–water partition coefficient (Wildman–Crippen LogP) is 2.00. The Morgan fingerprint density at radius 3 is 3.15 bits per heavy atom. The van der Waals surface area contributed by atoms with Gasteiger partial charge in [0.25, 0.3) is 0 Å². The van der Waals surface area contributed by atoms with Crippen molar-refractivity contribution in [3.8, 4) is 0 Å². The predicted molar refractivity (Wildman–Crippen MR) is 52.7 cm³/mol. The van der Waals surface area contributed by atoms with Crippen LogP contribution in [0.3, 0.4) is 0 Å². The fourth-order valence-electron chi connectivity index (χ4n) is 2.08. The number of nitrogens with one attached hydrogen (secondary N) is 1. The van der Waals surface area contributed by atoms with Gasteiger partial charge < -0.3 is 5.32 Å². The van der Waals surface area contributed by atoms with Gasteiger partial charge in [-0.1, -0.05) is 11.3 Å². The molecule has 1 N–H and O–H groups in total. The number of hydrogen-bond donors (Lipinski definition) is 1. The van der Waals surface area contributed by atoms with Crippen LogP contribution in [0.25, 0.3) is 0 Å². The van der Waals surface area contributed by atoms with Crippen LogP contribution in [0.5, 0.6) is 0 Å². The summed E-state index contributed by atoms with van der Waals surface area (Å²) in [6, 6.07) is 0. The van der Waals surface area contributed by atoms with Crippen molar-refractivity contribution in [2.45, 2.75) is 19.3 Å². The second-order valence-corrected chi connectivity index (χ2v) is 4.96. The molecule has 0 spiro atoms. The molecule has 2 saturated carbocycles. The van der Waals surface area contributed by atoms with Gasteiger partial charge in [-0.05, 0) is 37.0 Å². The summed E-state index contributed by atoms with van der Waals surface area (Å²) in [6.07, 6.45) is 4.41. The average molecular weight is 195 g/mol. The molecule has 2 fully saturated rings. The van der Waals surface area contributed by atoms with Crippen molar-refractivity contribution in [2.24, 2.45) is 17.8 Å². The molecule has 0 saturated heterocycles. The van der Waals surface area contributed by atoms with Gasteiger partial charge in [-0.2, -0.15) is 0 Å². The first kappa shape index (κ1) is 7.74. The molecule has 3 nitrogen and oxygen atoms in total. The van der Waals surface area contributed by atoms with E-state index >= 15 is 0 Å². The maximum Gasteiger partial charge on any atom is 0.205 e. The van der Waals surface area contributed by atoms with Gasteiger partial charge in [-0.15, -0.1) is 10.2 Å². The standard InChI is InChI=1S/C9H13N3S/c1-2-6(1)8-3-7(8)4-10-9-12-11-5-13-9/h5-8H,1-4H2,(H,10,12). The summed E-state index contributed by atoms with van der Waals surface area (Å²) in [5, 5.41) is 12.1. The van der Waals surface area contributed by atoms with Gasteiger partial charge in [0.1, 0.15) is 5.51 Å². The number of rotatable bonds is 4. The summed E-state index contributed by atoms with van der Waals surface area (Å²) in [6.45, 7) is 1.11. The lowest BCUT2D eigenvalue weighted by Crippen LogP contribution is -2.04. The molecule has 0 aromatic carbocycles. The van der Waals surface area contributed by atoms with E-state index in [1.807, 2.05) is 0 Å². The zero-order valence-corrected chi connectivity index (χ0v) is 8.26. The van der Waals surface area contributed by atoms with E-state index in [9.17, 15) is 0 Å². The molecule has 70 valence electrons. The van der Waals surface area contributed by atoms with Gasteiger partial charge in [-0.3, -0.25) is 0 Å². The number of anilines is 1. The fourth-order valence-corrected chi connectivity index (χ4v) is 2.53. The second-order valence-electron chi connectivity index (χ2n) is 4.12. The first-order chi connectivity index (χ1) is 6.43. The largest absolute Gasteiger partial charge is 0.360 e. The van der Waals surface area contributed by atoms with Crippen LogP contribution in [-0.2, 0) is 0 Å². The van der Waals surface area contributed by atoms with Crippen LogP contribution < -0.4 is 5.32 Å². The van der Waals surface area contributed by atoms with E-state index < -0.39 is 0 Å². The van der Waals surface area contributed by atoms with E-state index in [0.717, 1.165) is 29.4 Å². The van der Waals surface area contributed by atoms with Gasteiger partial charge in [0.15, 0.2) is 0 Å². The third-order valence-electron chi connectivity index (χ3n) is 3.08. The van der Waals surface area contributed by atoms with Gasteiger partial charge >= 0.3 is 0 Å². The maximum atomic E-state index is 3.96. The molecule has 4 heteroatoms. The van der Waals surface area contributed by atoms with Crippen LogP contribution in [0.15, 0.2) is 5.51 Å². The quantitative estimate of drug-likeness (QED) is 0.798. The van der Waals surface area contributed by atoms with Crippen molar-refractivity contribution in [1.82, 2.24) is 10.2 Å². The van der Waals surface area contributed by atoms with Crippen LogP contribution in [0.2, 0.25) is 0 Å². The zero-order chi connectivity index (χ0) is 8.67. The summed E-state index contributed by atoms with van der Waals surface area (Å²) in [5.41, 5.74) is 1.77. The molecular formula is C9H13N3S. The van der Waals surface area contributed by atoms with Crippen LogP contribution in [-0.4, -0.2) is 16.7 Å². The lowest BCUT2D eigenvalue weighted by atomic mass is 10.2. The Labute approximate surface area is 81.6 Å². The van der Waals surface area contributed by atoms with Crippen molar-refractivity contribution >= 4 is 16.5 Å². The second kappa shape index (κ2) is 2.94. The smallest absolute Gasteiger partial charge is 0.205 e. The van der Waals surface area contributed by atoms with Crippen molar-refractivity contribution in [3.05, 3.63) is 5.51 Å². The number of nitrogens with zero attached hydrogens (tertiary/aromatic N) is 2. The SMILES string of the molecule is c1nnc(NCC2CC2C2CC2)s1. The Hall–Kier alpha value is -0.640. The molecule has 2 aliphatic carbocycles. The monoisotopic (exact) mass is 195 g/mol. The first-order valence-corrected chi connectivity index (χ1v) is 5.81. The summed E-state index contributed by atoms with van der Waals surface area (Å²) in [5.74, 6) is 3.05. The number of aromatic nitrogens is 2. The molecule has 2 unspecified atom stereocenters. The molecule has 3 rings (SSSR count). The Kier molecular flexibility index (Phi) is 1.75. The number of hydrogen-bond acceptors (Lipinski definition) is 4. The van der Waals surface area contributed by atoms with E-state index in [2.05, 4.69) is 15.5 Å². The summed E-state index contributed by atoms with van der Waals surface area (Å²) in [4.78, 5) is 0. The molecule has 2 atom stereocenters. The van der Waals surface area contributed by atoms with E-state index in [4.69, 9.17) is 0 Å². The topological polar surface area (TPSA) is 37.8 Å². The zero-order valence-electron chi connectivity index (χ0n) is 7.44. The highest BCUT2D eigenvalue weighted by atomic mass is 32.1. The molecule has 1 aromatic rings. The molecular weight excluding hydrogens is 182 g/mol. The molecule has 0 bridgehead atoms. The third kappa shape index (κ3) is 1.68.